The van der Waals surface area contributed by atoms with Gasteiger partial charge in [-0.25, -0.2) is 14.6 Å². The Morgan fingerprint density at radius 1 is 1.16 bits per heavy atom. The van der Waals surface area contributed by atoms with Gasteiger partial charge in [-0.3, -0.25) is 9.59 Å². The van der Waals surface area contributed by atoms with E-state index in [0.717, 1.165) is 36.7 Å². The minimum absolute atomic E-state index is 0.0577. The Bertz CT molecular complexity index is 1150. The summed E-state index contributed by atoms with van der Waals surface area (Å²) in [4.78, 5) is 32.4. The third-order valence-corrected chi connectivity index (χ3v) is 5.35. The lowest BCUT2D eigenvalue weighted by molar-refractivity contribution is -0.137. The number of nitrogens with zero attached hydrogens (tertiary/aromatic N) is 4. The standard InChI is InChI=1S/C20H17F3N6O2S/c21-20(22,23)12-2-1-3-14(8-12)26-17(30)10-32-18-9-16(24-11-25-18)29-7-6-15(28-29)19(31)27-13-4-5-13/h1-3,6-9,11,13H,4-5,10H2,(H,26,30)(H,27,31). The van der Waals surface area contributed by atoms with Gasteiger partial charge in [-0.05, 0) is 37.1 Å². The van der Waals surface area contributed by atoms with E-state index in [-0.39, 0.29) is 29.1 Å². The summed E-state index contributed by atoms with van der Waals surface area (Å²) < 4.78 is 39.8. The molecule has 2 aromatic heterocycles. The maximum Gasteiger partial charge on any atom is 0.416 e. The van der Waals surface area contributed by atoms with E-state index in [1.165, 1.54) is 23.1 Å². The van der Waals surface area contributed by atoms with Crippen molar-refractivity contribution in [3.63, 3.8) is 0 Å². The highest BCUT2D eigenvalue weighted by atomic mass is 32.2. The predicted octanol–water partition coefficient (Wildman–Crippen LogP) is 3.30. The molecule has 3 aromatic rings. The second-order valence-corrected chi connectivity index (χ2v) is 8.02. The van der Waals surface area contributed by atoms with Crippen molar-refractivity contribution in [1.82, 2.24) is 25.1 Å². The Balaban J connectivity index is 1.35. The number of carbonyl (C=O) groups excluding carboxylic acids is 2. The van der Waals surface area contributed by atoms with Gasteiger partial charge in [-0.1, -0.05) is 17.8 Å². The molecule has 0 saturated heterocycles. The summed E-state index contributed by atoms with van der Waals surface area (Å²) in [5.41, 5.74) is -0.514. The molecule has 1 aliphatic carbocycles. The molecular weight excluding hydrogens is 445 g/mol. The van der Waals surface area contributed by atoms with Crippen LogP contribution in [0, 0.1) is 0 Å². The maximum absolute atomic E-state index is 12.8. The lowest BCUT2D eigenvalue weighted by atomic mass is 10.2. The van der Waals surface area contributed by atoms with Crippen molar-refractivity contribution >= 4 is 29.3 Å². The van der Waals surface area contributed by atoms with E-state index in [9.17, 15) is 22.8 Å². The monoisotopic (exact) mass is 462 g/mol. The van der Waals surface area contributed by atoms with Gasteiger partial charge in [0.1, 0.15) is 11.4 Å². The fraction of sp³-hybridized carbons (Fsp3) is 0.250. The van der Waals surface area contributed by atoms with Crippen LogP contribution in [-0.4, -0.2) is 43.4 Å². The minimum atomic E-state index is -4.49. The first-order chi connectivity index (χ1) is 15.3. The molecule has 8 nitrogen and oxygen atoms in total. The van der Waals surface area contributed by atoms with Gasteiger partial charge in [-0.2, -0.15) is 18.3 Å². The molecule has 1 aliphatic rings. The number of rotatable bonds is 7. The van der Waals surface area contributed by atoms with E-state index < -0.39 is 17.6 Å². The molecule has 4 rings (SSSR count). The van der Waals surface area contributed by atoms with E-state index in [4.69, 9.17) is 0 Å². The Labute approximate surface area is 184 Å². The number of hydrogen-bond acceptors (Lipinski definition) is 6. The van der Waals surface area contributed by atoms with Crippen molar-refractivity contribution in [2.24, 2.45) is 0 Å². The first-order valence-corrected chi connectivity index (χ1v) is 10.6. The van der Waals surface area contributed by atoms with Crippen molar-refractivity contribution in [2.75, 3.05) is 11.1 Å². The van der Waals surface area contributed by atoms with E-state index in [2.05, 4.69) is 25.7 Å². The van der Waals surface area contributed by atoms with Crippen LogP contribution in [0.4, 0.5) is 18.9 Å². The summed E-state index contributed by atoms with van der Waals surface area (Å²) in [5, 5.41) is 9.98. The number of anilines is 1. The average molecular weight is 462 g/mol. The molecule has 166 valence electrons. The summed E-state index contributed by atoms with van der Waals surface area (Å²) >= 11 is 1.09. The van der Waals surface area contributed by atoms with Crippen LogP contribution < -0.4 is 10.6 Å². The first kappa shape index (κ1) is 21.8. The summed E-state index contributed by atoms with van der Waals surface area (Å²) in [5.74, 6) is -0.388. The normalized spacial score (nSPS) is 13.6. The zero-order chi connectivity index (χ0) is 22.7. The predicted molar refractivity (Wildman–Crippen MR) is 110 cm³/mol. The fourth-order valence-electron chi connectivity index (χ4n) is 2.70. The zero-order valence-electron chi connectivity index (χ0n) is 16.5. The van der Waals surface area contributed by atoms with Gasteiger partial charge in [0, 0.05) is 24.0 Å². The molecule has 0 radical (unpaired) electrons. The van der Waals surface area contributed by atoms with E-state index in [1.807, 2.05) is 0 Å². The summed E-state index contributed by atoms with van der Waals surface area (Å²) in [6, 6.07) is 7.81. The van der Waals surface area contributed by atoms with Gasteiger partial charge in [0.15, 0.2) is 11.5 Å². The third-order valence-electron chi connectivity index (χ3n) is 4.42. The van der Waals surface area contributed by atoms with Crippen molar-refractivity contribution < 1.29 is 22.8 Å². The highest BCUT2D eigenvalue weighted by Gasteiger charge is 2.30. The number of carbonyl (C=O) groups is 2. The maximum atomic E-state index is 12.8. The zero-order valence-corrected chi connectivity index (χ0v) is 17.3. The number of benzene rings is 1. The van der Waals surface area contributed by atoms with Crippen LogP contribution in [0.25, 0.3) is 5.82 Å². The minimum Gasteiger partial charge on any atom is -0.348 e. The SMILES string of the molecule is O=C(CSc1cc(-n2ccc(C(=O)NC3CC3)n2)ncn1)Nc1cccc(C(F)(F)F)c1. The molecule has 0 bridgehead atoms. The number of nitrogens with one attached hydrogen (secondary N) is 2. The Morgan fingerprint density at radius 3 is 2.72 bits per heavy atom. The number of thioether (sulfide) groups is 1. The van der Waals surface area contributed by atoms with Crippen molar-refractivity contribution in [2.45, 2.75) is 30.1 Å². The molecule has 12 heteroatoms. The second kappa shape index (κ2) is 8.99. The van der Waals surface area contributed by atoms with Crippen molar-refractivity contribution in [3.8, 4) is 5.82 Å². The Morgan fingerprint density at radius 2 is 1.97 bits per heavy atom. The molecule has 32 heavy (non-hydrogen) atoms. The summed E-state index contributed by atoms with van der Waals surface area (Å²) in [7, 11) is 0. The van der Waals surface area contributed by atoms with Gasteiger partial charge in [0.05, 0.1) is 11.3 Å². The summed E-state index contributed by atoms with van der Waals surface area (Å²) in [6.45, 7) is 0. The highest BCUT2D eigenvalue weighted by molar-refractivity contribution is 7.99. The number of halogens is 3. The van der Waals surface area contributed by atoms with E-state index in [0.29, 0.717) is 10.8 Å². The molecule has 0 atom stereocenters. The lowest BCUT2D eigenvalue weighted by Gasteiger charge is -2.10. The molecule has 0 spiro atoms. The van der Waals surface area contributed by atoms with E-state index in [1.54, 1.807) is 18.3 Å². The highest BCUT2D eigenvalue weighted by Crippen LogP contribution is 2.30. The van der Waals surface area contributed by atoms with Crippen LogP contribution >= 0.6 is 11.8 Å². The van der Waals surface area contributed by atoms with Gasteiger partial charge in [0.2, 0.25) is 5.91 Å². The quantitative estimate of drug-likeness (QED) is 0.413. The molecule has 2 N–H and O–H groups in total. The Hall–Kier alpha value is -3.41. The fourth-order valence-corrected chi connectivity index (χ4v) is 3.37. The molecule has 0 aliphatic heterocycles. The molecule has 2 amide bonds. The van der Waals surface area contributed by atoms with Crippen LogP contribution in [0.3, 0.4) is 0 Å². The molecule has 0 unspecified atom stereocenters. The average Bonchev–Trinajstić information content (AvgIpc) is 3.43. The topological polar surface area (TPSA) is 102 Å². The summed E-state index contributed by atoms with van der Waals surface area (Å²) in [6.07, 6.45) is 0.352. The number of amides is 2. The smallest absolute Gasteiger partial charge is 0.348 e. The molecule has 1 saturated carbocycles. The number of hydrogen-bond donors (Lipinski definition) is 2. The lowest BCUT2D eigenvalue weighted by Crippen LogP contribution is -2.25. The molecular formula is C20H17F3N6O2S. The first-order valence-electron chi connectivity index (χ1n) is 9.57. The number of aromatic nitrogens is 4. The molecule has 2 heterocycles. The second-order valence-electron chi connectivity index (χ2n) is 7.02. The van der Waals surface area contributed by atoms with Crippen LogP contribution in [0.15, 0.2) is 53.9 Å². The van der Waals surface area contributed by atoms with Gasteiger partial charge >= 0.3 is 6.18 Å². The Kier molecular flexibility index (Phi) is 6.12. The van der Waals surface area contributed by atoms with Gasteiger partial charge < -0.3 is 10.6 Å². The van der Waals surface area contributed by atoms with E-state index >= 15 is 0 Å². The molecule has 1 aromatic carbocycles. The van der Waals surface area contributed by atoms with Gasteiger partial charge in [-0.15, -0.1) is 0 Å². The number of alkyl halides is 3. The van der Waals surface area contributed by atoms with Crippen LogP contribution in [0.1, 0.15) is 28.9 Å². The third kappa shape index (κ3) is 5.63. The largest absolute Gasteiger partial charge is 0.416 e. The molecule has 1 fully saturated rings. The van der Waals surface area contributed by atoms with Crippen LogP contribution in [0.2, 0.25) is 0 Å². The van der Waals surface area contributed by atoms with Crippen LogP contribution in [0.5, 0.6) is 0 Å². The van der Waals surface area contributed by atoms with Gasteiger partial charge in [0.25, 0.3) is 5.91 Å². The van der Waals surface area contributed by atoms with Crippen molar-refractivity contribution in [3.05, 3.63) is 60.2 Å². The van der Waals surface area contributed by atoms with Crippen LogP contribution in [-0.2, 0) is 11.0 Å². The van der Waals surface area contributed by atoms with Crippen molar-refractivity contribution in [1.29, 1.82) is 0 Å².